The van der Waals surface area contributed by atoms with Crippen LogP contribution in [0.5, 0.6) is 0 Å². The monoisotopic (exact) mass is 361 g/mol. The summed E-state index contributed by atoms with van der Waals surface area (Å²) in [6, 6.07) is 18.6. The highest BCUT2D eigenvalue weighted by Crippen LogP contribution is 2.13. The average Bonchev–Trinajstić information content (AvgIpc) is 3.22. The van der Waals surface area contributed by atoms with Crippen LogP contribution in [0.3, 0.4) is 0 Å². The summed E-state index contributed by atoms with van der Waals surface area (Å²) < 4.78 is 0. The van der Waals surface area contributed by atoms with Gasteiger partial charge in [-0.1, -0.05) is 36.4 Å². The van der Waals surface area contributed by atoms with Crippen LogP contribution in [0.15, 0.2) is 53.5 Å². The number of benzene rings is 2. The first-order chi connectivity index (χ1) is 13.3. The molecule has 0 saturated carbocycles. The standard InChI is InChI=1S/C22H27N5/c1-24-22(26-16-21-6-4-5-20(13-21)14-23)25-15-18-7-9-19(10-8-18)17-27-11-2-3-12-27/h4-10,13H,2-3,11-12,15-17H2,1H3,(H2,24,25,26). The minimum atomic E-state index is 0.629. The molecule has 0 spiro atoms. The number of guanidine groups is 1. The second kappa shape index (κ2) is 9.75. The normalized spacial score (nSPS) is 14.7. The van der Waals surface area contributed by atoms with Crippen molar-refractivity contribution in [3.8, 4) is 6.07 Å². The maximum absolute atomic E-state index is 8.99. The molecule has 2 aromatic rings. The van der Waals surface area contributed by atoms with Crippen LogP contribution in [-0.2, 0) is 19.6 Å². The average molecular weight is 361 g/mol. The fraction of sp³-hybridized carbons (Fsp3) is 0.364. The number of rotatable bonds is 6. The summed E-state index contributed by atoms with van der Waals surface area (Å²) in [5.74, 6) is 0.749. The summed E-state index contributed by atoms with van der Waals surface area (Å²) in [6.45, 7) is 4.86. The second-order valence-electron chi connectivity index (χ2n) is 6.89. The van der Waals surface area contributed by atoms with Crippen LogP contribution in [0.2, 0.25) is 0 Å². The van der Waals surface area contributed by atoms with E-state index in [0.29, 0.717) is 12.1 Å². The maximum Gasteiger partial charge on any atom is 0.191 e. The van der Waals surface area contributed by atoms with Crippen molar-refractivity contribution in [2.45, 2.75) is 32.5 Å². The van der Waals surface area contributed by atoms with Crippen molar-refractivity contribution in [1.82, 2.24) is 15.5 Å². The van der Waals surface area contributed by atoms with Crippen LogP contribution in [0, 0.1) is 11.3 Å². The third-order valence-corrected chi connectivity index (χ3v) is 4.83. The molecule has 140 valence electrons. The minimum Gasteiger partial charge on any atom is -0.352 e. The number of hydrogen-bond donors (Lipinski definition) is 2. The van der Waals surface area contributed by atoms with Crippen molar-refractivity contribution in [3.05, 3.63) is 70.8 Å². The van der Waals surface area contributed by atoms with Gasteiger partial charge < -0.3 is 10.6 Å². The van der Waals surface area contributed by atoms with Crippen molar-refractivity contribution in [2.75, 3.05) is 20.1 Å². The van der Waals surface area contributed by atoms with Gasteiger partial charge in [0.2, 0.25) is 0 Å². The highest BCUT2D eigenvalue weighted by molar-refractivity contribution is 5.79. The van der Waals surface area contributed by atoms with Crippen LogP contribution in [0.1, 0.15) is 35.1 Å². The Balaban J connectivity index is 1.46. The van der Waals surface area contributed by atoms with E-state index in [1.807, 2.05) is 24.3 Å². The van der Waals surface area contributed by atoms with Crippen LogP contribution in [0.4, 0.5) is 0 Å². The van der Waals surface area contributed by atoms with Gasteiger partial charge in [-0.05, 0) is 54.8 Å². The summed E-state index contributed by atoms with van der Waals surface area (Å²) in [6.07, 6.45) is 2.66. The van der Waals surface area contributed by atoms with Crippen LogP contribution < -0.4 is 10.6 Å². The number of nitrogens with zero attached hydrogens (tertiary/aromatic N) is 3. The van der Waals surface area contributed by atoms with Gasteiger partial charge in [0.15, 0.2) is 5.96 Å². The molecule has 1 aliphatic heterocycles. The quantitative estimate of drug-likeness (QED) is 0.613. The first-order valence-electron chi connectivity index (χ1n) is 9.50. The molecule has 0 radical (unpaired) electrons. The molecule has 0 aliphatic carbocycles. The molecule has 1 fully saturated rings. The van der Waals surface area contributed by atoms with E-state index in [2.05, 4.69) is 50.9 Å². The minimum absolute atomic E-state index is 0.629. The molecule has 2 N–H and O–H groups in total. The van der Waals surface area contributed by atoms with E-state index in [-0.39, 0.29) is 0 Å². The lowest BCUT2D eigenvalue weighted by molar-refractivity contribution is 0.331. The fourth-order valence-corrected chi connectivity index (χ4v) is 3.30. The molecule has 1 saturated heterocycles. The molecular weight excluding hydrogens is 334 g/mol. The van der Waals surface area contributed by atoms with E-state index >= 15 is 0 Å². The zero-order chi connectivity index (χ0) is 18.9. The van der Waals surface area contributed by atoms with Crippen molar-refractivity contribution in [1.29, 1.82) is 5.26 Å². The number of nitriles is 1. The number of likely N-dealkylation sites (tertiary alicyclic amines) is 1. The van der Waals surface area contributed by atoms with Gasteiger partial charge in [0.25, 0.3) is 0 Å². The Bertz CT molecular complexity index is 798. The number of aliphatic imine (C=N–C) groups is 1. The van der Waals surface area contributed by atoms with Gasteiger partial charge in [-0.15, -0.1) is 0 Å². The van der Waals surface area contributed by atoms with Crippen molar-refractivity contribution in [3.63, 3.8) is 0 Å². The fourth-order valence-electron chi connectivity index (χ4n) is 3.30. The molecule has 3 rings (SSSR count). The third kappa shape index (κ3) is 5.83. The van der Waals surface area contributed by atoms with Gasteiger partial charge >= 0.3 is 0 Å². The van der Waals surface area contributed by atoms with E-state index in [9.17, 15) is 0 Å². The highest BCUT2D eigenvalue weighted by atomic mass is 15.2. The Kier molecular flexibility index (Phi) is 6.84. The van der Waals surface area contributed by atoms with Gasteiger partial charge in [-0.2, -0.15) is 5.26 Å². The van der Waals surface area contributed by atoms with Crippen molar-refractivity contribution >= 4 is 5.96 Å². The number of hydrogen-bond acceptors (Lipinski definition) is 3. The lowest BCUT2D eigenvalue weighted by atomic mass is 10.1. The van der Waals surface area contributed by atoms with Gasteiger partial charge in [0.05, 0.1) is 11.6 Å². The summed E-state index contributed by atoms with van der Waals surface area (Å²) in [4.78, 5) is 6.78. The van der Waals surface area contributed by atoms with E-state index < -0.39 is 0 Å². The van der Waals surface area contributed by atoms with Crippen LogP contribution in [-0.4, -0.2) is 31.0 Å². The predicted molar refractivity (Wildman–Crippen MR) is 109 cm³/mol. The molecule has 0 aromatic heterocycles. The summed E-state index contributed by atoms with van der Waals surface area (Å²) in [5, 5.41) is 15.6. The maximum atomic E-state index is 8.99. The second-order valence-corrected chi connectivity index (χ2v) is 6.89. The van der Waals surface area contributed by atoms with E-state index in [0.717, 1.165) is 24.6 Å². The summed E-state index contributed by atoms with van der Waals surface area (Å²) in [5.41, 5.74) is 4.34. The zero-order valence-electron chi connectivity index (χ0n) is 15.9. The smallest absolute Gasteiger partial charge is 0.191 e. The molecule has 0 atom stereocenters. The van der Waals surface area contributed by atoms with E-state index in [1.54, 1.807) is 7.05 Å². The molecule has 0 bridgehead atoms. The Morgan fingerprint density at radius 1 is 1.00 bits per heavy atom. The van der Waals surface area contributed by atoms with Gasteiger partial charge in [0, 0.05) is 26.7 Å². The molecule has 27 heavy (non-hydrogen) atoms. The molecule has 0 unspecified atom stereocenters. The summed E-state index contributed by atoms with van der Waals surface area (Å²) >= 11 is 0. The molecule has 5 nitrogen and oxygen atoms in total. The topological polar surface area (TPSA) is 63.5 Å². The van der Waals surface area contributed by atoms with Crippen LogP contribution in [0.25, 0.3) is 0 Å². The molecule has 2 aromatic carbocycles. The third-order valence-electron chi connectivity index (χ3n) is 4.83. The summed E-state index contributed by atoms with van der Waals surface area (Å²) in [7, 11) is 1.76. The Morgan fingerprint density at radius 2 is 1.67 bits per heavy atom. The number of nitrogens with one attached hydrogen (secondary N) is 2. The Labute approximate surface area is 161 Å². The van der Waals surface area contributed by atoms with E-state index in [1.165, 1.54) is 37.1 Å². The SMILES string of the molecule is CN=C(NCc1ccc(CN2CCCC2)cc1)NCc1cccc(C#N)c1. The largest absolute Gasteiger partial charge is 0.352 e. The first kappa shape index (κ1) is 18.9. The van der Waals surface area contributed by atoms with Gasteiger partial charge in [-0.3, -0.25) is 9.89 Å². The van der Waals surface area contributed by atoms with Gasteiger partial charge in [-0.25, -0.2) is 0 Å². The zero-order valence-corrected chi connectivity index (χ0v) is 15.9. The highest BCUT2D eigenvalue weighted by Gasteiger charge is 2.11. The molecule has 1 heterocycles. The molecular formula is C22H27N5. The van der Waals surface area contributed by atoms with Crippen LogP contribution >= 0.6 is 0 Å². The Morgan fingerprint density at radius 3 is 2.33 bits per heavy atom. The first-order valence-corrected chi connectivity index (χ1v) is 9.50. The molecule has 0 amide bonds. The predicted octanol–water partition coefficient (Wildman–Crippen LogP) is 3.02. The van der Waals surface area contributed by atoms with Crippen molar-refractivity contribution in [2.24, 2.45) is 4.99 Å². The van der Waals surface area contributed by atoms with Crippen molar-refractivity contribution < 1.29 is 0 Å². The molecule has 1 aliphatic rings. The molecule has 5 heteroatoms. The Hall–Kier alpha value is -2.84. The van der Waals surface area contributed by atoms with Gasteiger partial charge in [0.1, 0.15) is 0 Å². The lowest BCUT2D eigenvalue weighted by Gasteiger charge is -2.15. The lowest BCUT2D eigenvalue weighted by Crippen LogP contribution is -2.36. The van der Waals surface area contributed by atoms with E-state index in [4.69, 9.17) is 5.26 Å².